The second-order valence-corrected chi connectivity index (χ2v) is 7.83. The van der Waals surface area contributed by atoms with Crippen LogP contribution >= 0.6 is 0 Å². The summed E-state index contributed by atoms with van der Waals surface area (Å²) in [4.78, 5) is 0.0711. The summed E-state index contributed by atoms with van der Waals surface area (Å²) in [5.74, 6) is 1.99. The van der Waals surface area contributed by atoms with Crippen LogP contribution in [0.4, 0.5) is 0 Å². The lowest BCUT2D eigenvalue weighted by atomic mass is 10.3. The van der Waals surface area contributed by atoms with Gasteiger partial charge in [0.05, 0.1) is 23.7 Å². The van der Waals surface area contributed by atoms with Crippen LogP contribution in [0.25, 0.3) is 5.69 Å². The largest absolute Gasteiger partial charge is 0.494 e. The SMILES string of the molecule is CCOc1ccc(-n2nnnc2CNS(=O)(=O)c2ccc3c(c2)OCCO3)cc1. The molecular formula is C18H19N5O5S. The molecule has 1 aromatic heterocycles. The molecule has 11 heteroatoms. The van der Waals surface area contributed by atoms with Gasteiger partial charge in [0.25, 0.3) is 0 Å². The monoisotopic (exact) mass is 417 g/mol. The number of hydrogen-bond donors (Lipinski definition) is 1. The standard InChI is InChI=1S/C18H19N5O5S/c1-2-26-14-5-3-13(4-6-14)23-18(20-21-22-23)12-19-29(24,25)15-7-8-16-17(11-15)28-10-9-27-16/h3-8,11,19H,2,9-10,12H2,1H3. The third kappa shape index (κ3) is 4.15. The lowest BCUT2D eigenvalue weighted by Gasteiger charge is -2.18. The van der Waals surface area contributed by atoms with E-state index in [0.29, 0.717) is 42.8 Å². The van der Waals surface area contributed by atoms with Crippen LogP contribution in [0.3, 0.4) is 0 Å². The smallest absolute Gasteiger partial charge is 0.241 e. The fourth-order valence-corrected chi connectivity index (χ4v) is 3.80. The normalized spacial score (nSPS) is 13.3. The van der Waals surface area contributed by atoms with E-state index < -0.39 is 10.0 Å². The van der Waals surface area contributed by atoms with Gasteiger partial charge in [0, 0.05) is 6.07 Å². The molecule has 0 aliphatic carbocycles. The van der Waals surface area contributed by atoms with E-state index in [4.69, 9.17) is 14.2 Å². The highest BCUT2D eigenvalue weighted by molar-refractivity contribution is 7.89. The maximum atomic E-state index is 12.7. The van der Waals surface area contributed by atoms with Crippen LogP contribution in [0, 0.1) is 0 Å². The highest BCUT2D eigenvalue weighted by Gasteiger charge is 2.20. The molecule has 1 aliphatic heterocycles. The molecule has 29 heavy (non-hydrogen) atoms. The summed E-state index contributed by atoms with van der Waals surface area (Å²) in [6.07, 6.45) is 0. The van der Waals surface area contributed by atoms with Gasteiger partial charge in [0.15, 0.2) is 17.3 Å². The van der Waals surface area contributed by atoms with Crippen LogP contribution in [-0.4, -0.2) is 48.4 Å². The highest BCUT2D eigenvalue weighted by atomic mass is 32.2. The van der Waals surface area contributed by atoms with Gasteiger partial charge in [0.1, 0.15) is 19.0 Å². The van der Waals surface area contributed by atoms with Gasteiger partial charge in [-0.15, -0.1) is 5.10 Å². The minimum atomic E-state index is -3.80. The molecule has 0 fully saturated rings. The number of hydrogen-bond acceptors (Lipinski definition) is 8. The molecule has 4 rings (SSSR count). The van der Waals surface area contributed by atoms with Crippen molar-refractivity contribution in [2.45, 2.75) is 18.4 Å². The van der Waals surface area contributed by atoms with Crippen LogP contribution in [0.15, 0.2) is 47.4 Å². The number of fused-ring (bicyclic) bond motifs is 1. The summed E-state index contributed by atoms with van der Waals surface area (Å²) in [6.45, 7) is 3.20. The number of nitrogens with zero attached hydrogens (tertiary/aromatic N) is 4. The molecule has 1 aliphatic rings. The Hall–Kier alpha value is -3.18. The summed E-state index contributed by atoms with van der Waals surface area (Å²) < 4.78 is 45.6. The third-order valence-electron chi connectivity index (χ3n) is 4.17. The summed E-state index contributed by atoms with van der Waals surface area (Å²) in [5.41, 5.74) is 0.687. The van der Waals surface area contributed by atoms with E-state index in [1.165, 1.54) is 16.8 Å². The van der Waals surface area contributed by atoms with Crippen molar-refractivity contribution in [1.82, 2.24) is 24.9 Å². The molecule has 0 amide bonds. The maximum Gasteiger partial charge on any atom is 0.241 e. The van der Waals surface area contributed by atoms with E-state index >= 15 is 0 Å². The van der Waals surface area contributed by atoms with Crippen LogP contribution < -0.4 is 18.9 Å². The molecule has 3 aromatic rings. The number of ether oxygens (including phenoxy) is 3. The molecule has 0 bridgehead atoms. The Morgan fingerprint density at radius 2 is 1.86 bits per heavy atom. The number of nitrogens with one attached hydrogen (secondary N) is 1. The summed E-state index contributed by atoms with van der Waals surface area (Å²) in [7, 11) is -3.80. The van der Waals surface area contributed by atoms with Crippen molar-refractivity contribution in [2.75, 3.05) is 19.8 Å². The maximum absolute atomic E-state index is 12.7. The molecule has 152 valence electrons. The van der Waals surface area contributed by atoms with E-state index in [0.717, 1.165) is 5.75 Å². The van der Waals surface area contributed by atoms with Gasteiger partial charge in [-0.3, -0.25) is 0 Å². The van der Waals surface area contributed by atoms with Crippen molar-refractivity contribution in [1.29, 1.82) is 0 Å². The fourth-order valence-electron chi connectivity index (χ4n) is 2.80. The molecule has 0 unspecified atom stereocenters. The molecule has 10 nitrogen and oxygen atoms in total. The Kier molecular flexibility index (Phi) is 5.32. The molecule has 1 N–H and O–H groups in total. The first-order chi connectivity index (χ1) is 14.1. The van der Waals surface area contributed by atoms with Crippen molar-refractivity contribution in [3.8, 4) is 22.9 Å². The average molecular weight is 417 g/mol. The van der Waals surface area contributed by atoms with Crippen LogP contribution in [0.1, 0.15) is 12.7 Å². The minimum Gasteiger partial charge on any atom is -0.494 e. The second kappa shape index (κ2) is 8.05. The van der Waals surface area contributed by atoms with Crippen molar-refractivity contribution in [3.05, 3.63) is 48.3 Å². The highest BCUT2D eigenvalue weighted by Crippen LogP contribution is 2.32. The molecule has 2 heterocycles. The minimum absolute atomic E-state index is 0.0711. The summed E-state index contributed by atoms with van der Waals surface area (Å²) in [6, 6.07) is 11.7. The Bertz CT molecular complexity index is 1100. The van der Waals surface area contributed by atoms with Gasteiger partial charge in [-0.05, 0) is 53.7 Å². The molecule has 0 saturated heterocycles. The number of aromatic nitrogens is 4. The van der Waals surface area contributed by atoms with Gasteiger partial charge in [-0.2, -0.15) is 4.68 Å². The van der Waals surface area contributed by atoms with Gasteiger partial charge in [-0.1, -0.05) is 0 Å². The Labute approximate surface area is 167 Å². The van der Waals surface area contributed by atoms with Crippen LogP contribution in [0.5, 0.6) is 17.2 Å². The van der Waals surface area contributed by atoms with E-state index in [1.54, 1.807) is 30.3 Å². The predicted molar refractivity (Wildman–Crippen MR) is 102 cm³/mol. The van der Waals surface area contributed by atoms with Gasteiger partial charge in [0.2, 0.25) is 10.0 Å². The molecular weight excluding hydrogens is 398 g/mol. The van der Waals surface area contributed by atoms with Crippen molar-refractivity contribution >= 4 is 10.0 Å². The number of sulfonamides is 1. The Morgan fingerprint density at radius 1 is 1.10 bits per heavy atom. The first-order valence-electron chi connectivity index (χ1n) is 8.96. The molecule has 0 saturated carbocycles. The van der Waals surface area contributed by atoms with Gasteiger partial charge >= 0.3 is 0 Å². The van der Waals surface area contributed by atoms with E-state index in [2.05, 4.69) is 20.2 Å². The van der Waals surface area contributed by atoms with Crippen molar-refractivity contribution in [2.24, 2.45) is 0 Å². The number of tetrazole rings is 1. The van der Waals surface area contributed by atoms with Gasteiger partial charge < -0.3 is 14.2 Å². The number of rotatable bonds is 7. The molecule has 2 aromatic carbocycles. The Balaban J connectivity index is 1.50. The van der Waals surface area contributed by atoms with Crippen molar-refractivity contribution in [3.63, 3.8) is 0 Å². The fraction of sp³-hybridized carbons (Fsp3) is 0.278. The predicted octanol–water partition coefficient (Wildman–Crippen LogP) is 1.31. The first-order valence-corrected chi connectivity index (χ1v) is 10.4. The lowest BCUT2D eigenvalue weighted by Crippen LogP contribution is -2.25. The van der Waals surface area contributed by atoms with Crippen LogP contribution in [0.2, 0.25) is 0 Å². The Morgan fingerprint density at radius 3 is 2.62 bits per heavy atom. The topological polar surface area (TPSA) is 117 Å². The lowest BCUT2D eigenvalue weighted by molar-refractivity contribution is 0.171. The summed E-state index contributed by atoms with van der Waals surface area (Å²) >= 11 is 0. The molecule has 0 spiro atoms. The summed E-state index contributed by atoms with van der Waals surface area (Å²) in [5, 5.41) is 11.5. The van der Waals surface area contributed by atoms with E-state index in [-0.39, 0.29) is 11.4 Å². The first kappa shape index (κ1) is 19.2. The average Bonchev–Trinajstić information content (AvgIpc) is 3.21. The zero-order valence-electron chi connectivity index (χ0n) is 15.6. The van der Waals surface area contributed by atoms with Gasteiger partial charge in [-0.25, -0.2) is 13.1 Å². The zero-order valence-corrected chi connectivity index (χ0v) is 16.4. The van der Waals surface area contributed by atoms with Crippen molar-refractivity contribution < 1.29 is 22.6 Å². The van der Waals surface area contributed by atoms with Crippen LogP contribution in [-0.2, 0) is 16.6 Å². The van der Waals surface area contributed by atoms with E-state index in [1.807, 2.05) is 6.92 Å². The zero-order chi connectivity index (χ0) is 20.3. The quantitative estimate of drug-likeness (QED) is 0.611. The molecule has 0 atom stereocenters. The van der Waals surface area contributed by atoms with E-state index in [9.17, 15) is 8.42 Å². The molecule has 0 radical (unpaired) electrons. The third-order valence-corrected chi connectivity index (χ3v) is 5.57. The second-order valence-electron chi connectivity index (χ2n) is 6.06. The number of benzene rings is 2.